The van der Waals surface area contributed by atoms with Gasteiger partial charge in [0.15, 0.2) is 0 Å². The van der Waals surface area contributed by atoms with Gasteiger partial charge in [0.05, 0.1) is 22.2 Å². The Morgan fingerprint density at radius 1 is 0.811 bits per heavy atom. The summed E-state index contributed by atoms with van der Waals surface area (Å²) in [6, 6.07) is 11.0. The minimum absolute atomic E-state index is 0.0659. The third-order valence-corrected chi connectivity index (χ3v) is 6.98. The van der Waals surface area contributed by atoms with Crippen LogP contribution in [0.1, 0.15) is 123 Å². The molecule has 6 heteroatoms. The summed E-state index contributed by atoms with van der Waals surface area (Å²) in [6.45, 7) is 4.41. The Balaban J connectivity index is 1.80. The fraction of sp³-hybridized carbons (Fsp3) is 0.516. The molecule has 1 aromatic heterocycles. The first-order valence-corrected chi connectivity index (χ1v) is 14.1. The van der Waals surface area contributed by atoms with Crippen molar-refractivity contribution in [3.05, 3.63) is 58.7 Å². The van der Waals surface area contributed by atoms with E-state index in [1.165, 1.54) is 44.9 Å². The monoisotopic (exact) mass is 506 g/mol. The van der Waals surface area contributed by atoms with Crippen LogP contribution in [-0.2, 0) is 12.8 Å². The van der Waals surface area contributed by atoms with Crippen molar-refractivity contribution in [1.82, 2.24) is 9.97 Å². The molecule has 0 saturated heterocycles. The fourth-order valence-corrected chi connectivity index (χ4v) is 4.92. The number of aromatic carboxylic acids is 1. The number of ether oxygens (including phenoxy) is 1. The number of para-hydroxylation sites is 2. The van der Waals surface area contributed by atoms with E-state index in [2.05, 4.69) is 23.8 Å². The molecule has 0 aliphatic rings. The molecule has 6 nitrogen and oxygen atoms in total. The molecule has 2 aromatic carbocycles. The van der Waals surface area contributed by atoms with E-state index >= 15 is 0 Å². The van der Waals surface area contributed by atoms with Gasteiger partial charge in [0.2, 0.25) is 0 Å². The van der Waals surface area contributed by atoms with Crippen molar-refractivity contribution in [3.63, 3.8) is 0 Å². The van der Waals surface area contributed by atoms with Gasteiger partial charge in [-0.3, -0.25) is 0 Å². The molecule has 0 aliphatic carbocycles. The van der Waals surface area contributed by atoms with E-state index in [1.54, 1.807) is 6.07 Å². The number of fused-ring (bicyclic) bond motifs is 1. The lowest BCUT2D eigenvalue weighted by atomic mass is 9.89. The topological polar surface area (TPSA) is 92.3 Å². The number of nitrogens with one attached hydrogen (secondary N) is 1. The number of imidazole rings is 1. The number of H-pyrrole nitrogens is 1. The average Bonchev–Trinajstić information content (AvgIpc) is 3.30. The molecule has 3 rings (SSSR count). The van der Waals surface area contributed by atoms with Crippen molar-refractivity contribution in [2.24, 2.45) is 0 Å². The number of hydrogen-bond acceptors (Lipinski definition) is 4. The van der Waals surface area contributed by atoms with E-state index in [1.807, 2.05) is 30.3 Å². The SMILES string of the molecule is CCCCCCCCc1ccc(C(=O)Oc2nc3ccccc3[nH]2)c(C(=O)O)c1CCCCCCCC. The average molecular weight is 507 g/mol. The Morgan fingerprint density at radius 2 is 1.43 bits per heavy atom. The zero-order chi connectivity index (χ0) is 26.5. The first-order chi connectivity index (χ1) is 18.0. The van der Waals surface area contributed by atoms with Gasteiger partial charge in [-0.1, -0.05) is 96.3 Å². The predicted octanol–water partition coefficient (Wildman–Crippen LogP) is 8.29. The molecule has 1 heterocycles. The Hall–Kier alpha value is -3.15. The number of nitrogens with zero attached hydrogens (tertiary/aromatic N) is 1. The smallest absolute Gasteiger partial charge is 0.346 e. The summed E-state index contributed by atoms with van der Waals surface area (Å²) in [6.07, 6.45) is 15.3. The molecule has 200 valence electrons. The molecule has 0 unspecified atom stereocenters. The number of hydrogen-bond donors (Lipinski definition) is 2. The van der Waals surface area contributed by atoms with Crippen LogP contribution in [0.25, 0.3) is 11.0 Å². The summed E-state index contributed by atoms with van der Waals surface area (Å²) in [5.41, 5.74) is 3.43. The summed E-state index contributed by atoms with van der Waals surface area (Å²) < 4.78 is 5.51. The maximum Gasteiger partial charge on any atom is 0.346 e. The van der Waals surface area contributed by atoms with Crippen LogP contribution in [0.15, 0.2) is 36.4 Å². The van der Waals surface area contributed by atoms with E-state index in [0.29, 0.717) is 11.9 Å². The highest BCUT2D eigenvalue weighted by molar-refractivity contribution is 6.04. The molecular formula is C31H42N2O4. The first-order valence-electron chi connectivity index (χ1n) is 14.1. The van der Waals surface area contributed by atoms with Crippen molar-refractivity contribution in [1.29, 1.82) is 0 Å². The summed E-state index contributed by atoms with van der Waals surface area (Å²) in [4.78, 5) is 32.9. The van der Waals surface area contributed by atoms with E-state index in [0.717, 1.165) is 55.2 Å². The summed E-state index contributed by atoms with van der Waals surface area (Å²) >= 11 is 0. The third-order valence-electron chi connectivity index (χ3n) is 6.98. The van der Waals surface area contributed by atoms with Crippen molar-refractivity contribution < 1.29 is 19.4 Å². The van der Waals surface area contributed by atoms with Crippen LogP contribution >= 0.6 is 0 Å². The maximum atomic E-state index is 13.1. The normalized spacial score (nSPS) is 11.2. The molecule has 0 bridgehead atoms. The number of rotatable bonds is 17. The van der Waals surface area contributed by atoms with Gasteiger partial charge in [0.25, 0.3) is 0 Å². The number of carbonyl (C=O) groups excluding carboxylic acids is 1. The molecule has 0 amide bonds. The van der Waals surface area contributed by atoms with Crippen LogP contribution in [0, 0.1) is 0 Å². The molecule has 2 N–H and O–H groups in total. The second-order valence-corrected chi connectivity index (χ2v) is 9.92. The molecule has 0 spiro atoms. The number of unbranched alkanes of at least 4 members (excludes halogenated alkanes) is 10. The van der Waals surface area contributed by atoms with Gasteiger partial charge in [0.1, 0.15) is 0 Å². The van der Waals surface area contributed by atoms with Gasteiger partial charge in [-0.25, -0.2) is 9.59 Å². The number of carboxylic acids is 1. The Bertz CT molecular complexity index is 1120. The Kier molecular flexibility index (Phi) is 11.7. The number of aryl methyl sites for hydroxylation is 1. The first kappa shape index (κ1) is 28.4. The zero-order valence-electron chi connectivity index (χ0n) is 22.5. The number of aromatic nitrogens is 2. The van der Waals surface area contributed by atoms with Gasteiger partial charge in [-0.2, -0.15) is 4.98 Å². The number of benzene rings is 2. The highest BCUT2D eigenvalue weighted by Crippen LogP contribution is 2.26. The predicted molar refractivity (Wildman–Crippen MR) is 149 cm³/mol. The molecule has 0 aliphatic heterocycles. The summed E-state index contributed by atoms with van der Waals surface area (Å²) in [5, 5.41) is 10.2. The summed E-state index contributed by atoms with van der Waals surface area (Å²) in [7, 11) is 0. The van der Waals surface area contributed by atoms with Crippen molar-refractivity contribution in [2.45, 2.75) is 104 Å². The van der Waals surface area contributed by atoms with E-state index in [9.17, 15) is 14.7 Å². The number of aromatic amines is 1. The van der Waals surface area contributed by atoms with Gasteiger partial charge >= 0.3 is 17.9 Å². The second-order valence-electron chi connectivity index (χ2n) is 9.92. The second kappa shape index (κ2) is 15.2. The quantitative estimate of drug-likeness (QED) is 0.142. The lowest BCUT2D eigenvalue weighted by Crippen LogP contribution is -2.18. The Labute approximate surface area is 220 Å². The lowest BCUT2D eigenvalue weighted by Gasteiger charge is -2.16. The van der Waals surface area contributed by atoms with Crippen molar-refractivity contribution in [3.8, 4) is 6.01 Å². The number of carbonyl (C=O) groups is 2. The number of esters is 1. The standard InChI is InChI=1S/C31H42N2O4/c1-3-5-7-9-11-13-17-23-21-22-25(28(29(34)35)24(23)18-14-12-10-8-6-4-2)30(36)37-31-32-26-19-15-16-20-27(26)33-31/h15-16,19-22H,3-14,17-18H2,1-2H3,(H,32,33)(H,34,35). The highest BCUT2D eigenvalue weighted by atomic mass is 16.5. The van der Waals surface area contributed by atoms with E-state index < -0.39 is 11.9 Å². The molecule has 0 atom stereocenters. The van der Waals surface area contributed by atoms with Crippen LogP contribution in [-0.4, -0.2) is 27.0 Å². The highest BCUT2D eigenvalue weighted by Gasteiger charge is 2.25. The van der Waals surface area contributed by atoms with Crippen molar-refractivity contribution in [2.75, 3.05) is 0 Å². The van der Waals surface area contributed by atoms with Gasteiger partial charge in [-0.15, -0.1) is 0 Å². The minimum Gasteiger partial charge on any atom is -0.478 e. The molecule has 3 aromatic rings. The molecule has 37 heavy (non-hydrogen) atoms. The van der Waals surface area contributed by atoms with Crippen LogP contribution < -0.4 is 4.74 Å². The minimum atomic E-state index is -1.08. The molecular weight excluding hydrogens is 464 g/mol. The van der Waals surface area contributed by atoms with E-state index in [4.69, 9.17) is 4.74 Å². The summed E-state index contributed by atoms with van der Waals surface area (Å²) in [5.74, 6) is -1.78. The lowest BCUT2D eigenvalue weighted by molar-refractivity contribution is 0.0661. The van der Waals surface area contributed by atoms with Gasteiger partial charge < -0.3 is 14.8 Å². The van der Waals surface area contributed by atoms with Crippen LogP contribution in [0.3, 0.4) is 0 Å². The zero-order valence-corrected chi connectivity index (χ0v) is 22.5. The molecule has 0 radical (unpaired) electrons. The van der Waals surface area contributed by atoms with Crippen LogP contribution in [0.4, 0.5) is 0 Å². The molecule has 0 saturated carbocycles. The van der Waals surface area contributed by atoms with E-state index in [-0.39, 0.29) is 17.1 Å². The van der Waals surface area contributed by atoms with Gasteiger partial charge in [-0.05, 0) is 55.0 Å². The van der Waals surface area contributed by atoms with Gasteiger partial charge in [0, 0.05) is 0 Å². The van der Waals surface area contributed by atoms with Crippen molar-refractivity contribution >= 4 is 23.0 Å². The number of carboxylic acid groups (broad SMARTS) is 1. The largest absolute Gasteiger partial charge is 0.478 e. The Morgan fingerprint density at radius 3 is 2.08 bits per heavy atom. The fourth-order valence-electron chi connectivity index (χ4n) is 4.92. The molecule has 0 fully saturated rings. The maximum absolute atomic E-state index is 13.1. The van der Waals surface area contributed by atoms with Crippen LogP contribution in [0.5, 0.6) is 6.01 Å². The van der Waals surface area contributed by atoms with Crippen LogP contribution in [0.2, 0.25) is 0 Å². The third kappa shape index (κ3) is 8.44.